The maximum absolute atomic E-state index is 5.94. The number of pyridine rings is 1. The quantitative estimate of drug-likeness (QED) is 0.872. The van der Waals surface area contributed by atoms with Gasteiger partial charge in [-0.3, -0.25) is 4.98 Å². The molecule has 0 spiro atoms. The third-order valence-corrected chi connectivity index (χ3v) is 3.22. The summed E-state index contributed by atoms with van der Waals surface area (Å²) >= 11 is 0. The summed E-state index contributed by atoms with van der Waals surface area (Å²) in [5.41, 5.74) is 8.72. The summed E-state index contributed by atoms with van der Waals surface area (Å²) in [5.74, 6) is 1.11. The average molecular weight is 260 g/mol. The van der Waals surface area contributed by atoms with Crippen LogP contribution >= 0.6 is 0 Å². The van der Waals surface area contributed by atoms with Crippen LogP contribution in [-0.2, 0) is 4.74 Å². The van der Waals surface area contributed by atoms with Crippen LogP contribution in [0.4, 0.5) is 0 Å². The molecule has 3 rings (SSSR count). The highest BCUT2D eigenvalue weighted by molar-refractivity contribution is 5.55. The van der Waals surface area contributed by atoms with E-state index in [0.717, 1.165) is 17.0 Å². The Morgan fingerprint density at radius 2 is 1.89 bits per heavy atom. The molecule has 0 bridgehead atoms. The molecule has 2 atom stereocenters. The molecular weight excluding hydrogens is 244 g/mol. The van der Waals surface area contributed by atoms with Crippen molar-refractivity contribution in [1.82, 2.24) is 15.1 Å². The zero-order valence-electron chi connectivity index (χ0n) is 11.0. The maximum atomic E-state index is 5.94. The zero-order chi connectivity index (χ0) is 13.4. The van der Waals surface area contributed by atoms with E-state index >= 15 is 0 Å². The van der Waals surface area contributed by atoms with Crippen LogP contribution in [0.3, 0.4) is 0 Å². The Labute approximate surface area is 111 Å². The zero-order valence-corrected chi connectivity index (χ0v) is 11.0. The van der Waals surface area contributed by atoms with Crippen LogP contribution in [0.25, 0.3) is 11.4 Å². The van der Waals surface area contributed by atoms with E-state index in [1.165, 1.54) is 0 Å². The molecule has 1 aliphatic rings. The van der Waals surface area contributed by atoms with Gasteiger partial charge in [-0.05, 0) is 26.0 Å². The van der Waals surface area contributed by atoms with E-state index in [4.69, 9.17) is 15.0 Å². The molecule has 0 aliphatic carbocycles. The van der Waals surface area contributed by atoms with E-state index < -0.39 is 0 Å². The molecular formula is C13H16N4O2. The number of hydrogen-bond acceptors (Lipinski definition) is 6. The minimum Gasteiger partial charge on any atom is -0.379 e. The summed E-state index contributed by atoms with van der Waals surface area (Å²) in [6.07, 6.45) is 0. The lowest BCUT2D eigenvalue weighted by molar-refractivity contribution is 0.187. The van der Waals surface area contributed by atoms with Gasteiger partial charge in [0.1, 0.15) is 0 Å². The second-order valence-electron chi connectivity index (χ2n) is 4.90. The van der Waals surface area contributed by atoms with Gasteiger partial charge in [-0.15, -0.1) is 0 Å². The molecule has 2 aromatic heterocycles. The third kappa shape index (κ3) is 2.36. The summed E-state index contributed by atoms with van der Waals surface area (Å²) in [4.78, 5) is 8.76. The van der Waals surface area contributed by atoms with Gasteiger partial charge in [-0.25, -0.2) is 0 Å². The smallest absolute Gasteiger partial charge is 0.234 e. The fourth-order valence-corrected chi connectivity index (χ4v) is 2.29. The van der Waals surface area contributed by atoms with E-state index in [1.54, 1.807) is 0 Å². The summed E-state index contributed by atoms with van der Waals surface area (Å²) in [5, 5.41) is 4.02. The summed E-state index contributed by atoms with van der Waals surface area (Å²) in [6.45, 7) is 4.96. The number of nitrogens with zero attached hydrogens (tertiary/aromatic N) is 3. The Kier molecular flexibility index (Phi) is 3.04. The predicted octanol–water partition coefficient (Wildman–Crippen LogP) is 1.19. The van der Waals surface area contributed by atoms with E-state index in [0.29, 0.717) is 24.9 Å². The molecule has 2 N–H and O–H groups in total. The van der Waals surface area contributed by atoms with E-state index in [9.17, 15) is 0 Å². The molecule has 6 heteroatoms. The van der Waals surface area contributed by atoms with Crippen LogP contribution < -0.4 is 5.73 Å². The Hall–Kier alpha value is -1.79. The SMILES string of the molecule is Cc1cc(-c2noc(C3COCC3N)n2)cc(C)n1. The first-order valence-corrected chi connectivity index (χ1v) is 6.26. The van der Waals surface area contributed by atoms with Gasteiger partial charge in [-0.1, -0.05) is 5.16 Å². The third-order valence-electron chi connectivity index (χ3n) is 3.22. The van der Waals surface area contributed by atoms with Crippen molar-refractivity contribution in [2.75, 3.05) is 13.2 Å². The first kappa shape index (κ1) is 12.3. The second-order valence-corrected chi connectivity index (χ2v) is 4.90. The van der Waals surface area contributed by atoms with Gasteiger partial charge in [0.2, 0.25) is 11.7 Å². The highest BCUT2D eigenvalue weighted by Gasteiger charge is 2.31. The van der Waals surface area contributed by atoms with Gasteiger partial charge in [-0.2, -0.15) is 4.98 Å². The lowest BCUT2D eigenvalue weighted by atomic mass is 10.1. The number of aromatic nitrogens is 3. The normalized spacial score (nSPS) is 22.9. The van der Waals surface area contributed by atoms with Gasteiger partial charge < -0.3 is 15.0 Å². The number of hydrogen-bond donors (Lipinski definition) is 1. The van der Waals surface area contributed by atoms with E-state index in [-0.39, 0.29) is 12.0 Å². The second kappa shape index (κ2) is 4.71. The summed E-state index contributed by atoms with van der Waals surface area (Å²) in [6, 6.07) is 3.80. The first-order valence-electron chi connectivity index (χ1n) is 6.26. The van der Waals surface area contributed by atoms with Crippen molar-refractivity contribution in [2.24, 2.45) is 5.73 Å². The van der Waals surface area contributed by atoms with Crippen molar-refractivity contribution in [1.29, 1.82) is 0 Å². The predicted molar refractivity (Wildman–Crippen MR) is 68.5 cm³/mol. The minimum absolute atomic E-state index is 0.00900. The lowest BCUT2D eigenvalue weighted by Gasteiger charge is -2.06. The Balaban J connectivity index is 1.92. The highest BCUT2D eigenvalue weighted by Crippen LogP contribution is 2.25. The average Bonchev–Trinajstić information content (AvgIpc) is 2.95. The van der Waals surface area contributed by atoms with Crippen LogP contribution in [-0.4, -0.2) is 34.4 Å². The summed E-state index contributed by atoms with van der Waals surface area (Å²) < 4.78 is 10.6. The molecule has 2 unspecified atom stereocenters. The number of rotatable bonds is 2. The molecule has 1 saturated heterocycles. The van der Waals surface area contributed by atoms with Gasteiger partial charge in [0, 0.05) is 23.0 Å². The number of aryl methyl sites for hydroxylation is 2. The Bertz CT molecular complexity index is 576. The molecule has 3 heterocycles. The fourth-order valence-electron chi connectivity index (χ4n) is 2.29. The molecule has 6 nitrogen and oxygen atoms in total. The van der Waals surface area contributed by atoms with E-state index in [1.807, 2.05) is 26.0 Å². The monoisotopic (exact) mass is 260 g/mol. The molecule has 100 valence electrons. The molecule has 1 aliphatic heterocycles. The van der Waals surface area contributed by atoms with E-state index in [2.05, 4.69) is 15.1 Å². The fraction of sp³-hybridized carbons (Fsp3) is 0.462. The van der Waals surface area contributed by atoms with Gasteiger partial charge in [0.05, 0.1) is 19.1 Å². The number of ether oxygens (including phenoxy) is 1. The molecule has 0 radical (unpaired) electrons. The molecule has 0 aromatic carbocycles. The van der Waals surface area contributed by atoms with Crippen LogP contribution in [0.2, 0.25) is 0 Å². The van der Waals surface area contributed by atoms with Crippen LogP contribution in [0.15, 0.2) is 16.7 Å². The lowest BCUT2D eigenvalue weighted by Crippen LogP contribution is -2.26. The number of nitrogens with two attached hydrogens (primary N) is 1. The molecule has 1 fully saturated rings. The molecule has 19 heavy (non-hydrogen) atoms. The topological polar surface area (TPSA) is 87.1 Å². The molecule has 2 aromatic rings. The van der Waals surface area contributed by atoms with Crippen molar-refractivity contribution in [3.8, 4) is 11.4 Å². The first-order chi connectivity index (χ1) is 9.13. The Morgan fingerprint density at radius 3 is 2.53 bits per heavy atom. The van der Waals surface area contributed by atoms with Crippen molar-refractivity contribution >= 4 is 0 Å². The highest BCUT2D eigenvalue weighted by atomic mass is 16.5. The van der Waals surface area contributed by atoms with Crippen molar-refractivity contribution in [3.63, 3.8) is 0 Å². The standard InChI is InChI=1S/C13H16N4O2/c1-7-3-9(4-8(2)15-7)12-16-13(19-17-12)10-5-18-6-11(10)14/h3-4,10-11H,5-6,14H2,1-2H3. The largest absolute Gasteiger partial charge is 0.379 e. The Morgan fingerprint density at radius 1 is 1.16 bits per heavy atom. The van der Waals surface area contributed by atoms with Crippen molar-refractivity contribution in [2.45, 2.75) is 25.8 Å². The van der Waals surface area contributed by atoms with Crippen LogP contribution in [0, 0.1) is 13.8 Å². The van der Waals surface area contributed by atoms with Gasteiger partial charge in [0.15, 0.2) is 0 Å². The van der Waals surface area contributed by atoms with Gasteiger partial charge in [0.25, 0.3) is 0 Å². The van der Waals surface area contributed by atoms with Gasteiger partial charge >= 0.3 is 0 Å². The van der Waals surface area contributed by atoms with Crippen LogP contribution in [0.1, 0.15) is 23.2 Å². The maximum Gasteiger partial charge on any atom is 0.234 e. The molecule has 0 saturated carbocycles. The van der Waals surface area contributed by atoms with Crippen molar-refractivity contribution < 1.29 is 9.26 Å². The van der Waals surface area contributed by atoms with Crippen molar-refractivity contribution in [3.05, 3.63) is 29.4 Å². The molecule has 0 amide bonds. The minimum atomic E-state index is -0.0748. The van der Waals surface area contributed by atoms with Crippen LogP contribution in [0.5, 0.6) is 0 Å². The summed E-state index contributed by atoms with van der Waals surface area (Å²) in [7, 11) is 0.